The molecule has 0 unspecified atom stereocenters. The Kier molecular flexibility index (Phi) is 6.54. The average molecular weight is 389 g/mol. The Morgan fingerprint density at radius 3 is 2.39 bits per heavy atom. The van der Waals surface area contributed by atoms with Gasteiger partial charge in [0.15, 0.2) is 0 Å². The minimum Gasteiger partial charge on any atom is -0.372 e. The van der Waals surface area contributed by atoms with Crippen LogP contribution in [0.25, 0.3) is 0 Å². The minimum absolute atomic E-state index is 0.0407. The van der Waals surface area contributed by atoms with E-state index in [0.29, 0.717) is 17.8 Å². The number of amides is 1. The quantitative estimate of drug-likeness (QED) is 0.595. The molecule has 7 nitrogen and oxygen atoms in total. The Morgan fingerprint density at radius 2 is 1.79 bits per heavy atom. The first kappa shape index (κ1) is 20.6. The number of hydrogen-bond acceptors (Lipinski definition) is 5. The van der Waals surface area contributed by atoms with Crippen molar-refractivity contribution in [1.29, 1.82) is 0 Å². The van der Waals surface area contributed by atoms with Crippen LogP contribution in [0, 0.1) is 10.1 Å². The van der Waals surface area contributed by atoms with Crippen LogP contribution >= 0.6 is 0 Å². The smallest absolute Gasteiger partial charge is 0.293 e. The molecule has 0 radical (unpaired) electrons. The second-order valence-corrected chi connectivity index (χ2v) is 8.37. The molecule has 1 aliphatic heterocycles. The van der Waals surface area contributed by atoms with Gasteiger partial charge in [-0.15, -0.1) is 0 Å². The number of carbonyl (C=O) groups is 1. The van der Waals surface area contributed by atoms with Crippen molar-refractivity contribution in [2.75, 3.05) is 38.6 Å². The number of nitro groups is 1. The largest absolute Gasteiger partial charge is 0.372 e. The normalized spacial score (nSPS) is 19.8. The average Bonchev–Trinajstić information content (AvgIpc) is 2.72. The van der Waals surface area contributed by atoms with Gasteiger partial charge in [0.05, 0.1) is 4.92 Å². The standard InChI is InChI=1S/C21H32N4O3/c1-23(2)18-10-9-17(15-19(18)25(27)28)20(26)22-16-21(11-5-3-6-12-21)24-13-7-4-8-14-24/h9-10,15H,3-8,11-14,16H2,1-2H3,(H,22,26). The first-order valence-electron chi connectivity index (χ1n) is 10.4. The van der Waals surface area contributed by atoms with Gasteiger partial charge in [-0.3, -0.25) is 19.8 Å². The molecular formula is C21H32N4O3. The van der Waals surface area contributed by atoms with Crippen LogP contribution in [0.3, 0.4) is 0 Å². The second-order valence-electron chi connectivity index (χ2n) is 8.37. The molecule has 1 N–H and O–H groups in total. The predicted octanol–water partition coefficient (Wildman–Crippen LogP) is 3.58. The molecule has 28 heavy (non-hydrogen) atoms. The summed E-state index contributed by atoms with van der Waals surface area (Å²) in [4.78, 5) is 28.1. The van der Waals surface area contributed by atoms with Crippen molar-refractivity contribution < 1.29 is 9.72 Å². The van der Waals surface area contributed by atoms with E-state index in [4.69, 9.17) is 0 Å². The van der Waals surface area contributed by atoms with Crippen molar-refractivity contribution in [1.82, 2.24) is 10.2 Å². The third-order valence-electron chi connectivity index (χ3n) is 6.31. The third kappa shape index (κ3) is 4.46. The molecule has 1 saturated carbocycles. The molecule has 154 valence electrons. The summed E-state index contributed by atoms with van der Waals surface area (Å²) in [5.41, 5.74) is 0.852. The van der Waals surface area contributed by atoms with Crippen molar-refractivity contribution >= 4 is 17.3 Å². The summed E-state index contributed by atoms with van der Waals surface area (Å²) in [7, 11) is 3.51. The van der Waals surface area contributed by atoms with Crippen LogP contribution < -0.4 is 10.2 Å². The van der Waals surface area contributed by atoms with Gasteiger partial charge in [-0.05, 0) is 50.9 Å². The molecule has 0 bridgehead atoms. The molecule has 1 saturated heterocycles. The molecule has 3 rings (SSSR count). The fraction of sp³-hybridized carbons (Fsp3) is 0.667. The first-order valence-corrected chi connectivity index (χ1v) is 10.4. The van der Waals surface area contributed by atoms with Crippen molar-refractivity contribution in [3.63, 3.8) is 0 Å². The Morgan fingerprint density at radius 1 is 1.14 bits per heavy atom. The highest BCUT2D eigenvalue weighted by Gasteiger charge is 2.38. The number of likely N-dealkylation sites (tertiary alicyclic amines) is 1. The molecule has 7 heteroatoms. The Labute approximate surface area is 167 Å². The van der Waals surface area contributed by atoms with Gasteiger partial charge < -0.3 is 10.2 Å². The zero-order chi connectivity index (χ0) is 20.1. The van der Waals surface area contributed by atoms with Gasteiger partial charge in [0.2, 0.25) is 0 Å². The topological polar surface area (TPSA) is 78.7 Å². The van der Waals surface area contributed by atoms with Gasteiger partial charge in [-0.2, -0.15) is 0 Å². The lowest BCUT2D eigenvalue weighted by atomic mass is 9.79. The van der Waals surface area contributed by atoms with E-state index < -0.39 is 4.92 Å². The molecule has 0 aromatic heterocycles. The lowest BCUT2D eigenvalue weighted by molar-refractivity contribution is -0.384. The van der Waals surface area contributed by atoms with Gasteiger partial charge in [-0.25, -0.2) is 0 Å². The van der Waals surface area contributed by atoms with Crippen molar-refractivity contribution in [2.45, 2.75) is 56.9 Å². The van der Waals surface area contributed by atoms with E-state index in [2.05, 4.69) is 10.2 Å². The lowest BCUT2D eigenvalue weighted by Gasteiger charge is -2.48. The zero-order valence-electron chi connectivity index (χ0n) is 17.1. The number of nitrogens with one attached hydrogen (secondary N) is 1. The molecule has 1 amide bonds. The maximum atomic E-state index is 12.8. The van der Waals surface area contributed by atoms with Crippen LogP contribution in [0.1, 0.15) is 61.7 Å². The first-order chi connectivity index (χ1) is 13.4. The molecule has 1 aromatic rings. The van der Waals surface area contributed by atoms with E-state index in [1.807, 2.05) is 0 Å². The van der Waals surface area contributed by atoms with E-state index in [9.17, 15) is 14.9 Å². The van der Waals surface area contributed by atoms with E-state index in [0.717, 1.165) is 25.9 Å². The number of benzene rings is 1. The van der Waals surface area contributed by atoms with Gasteiger partial charge in [0, 0.05) is 37.8 Å². The molecule has 1 aromatic carbocycles. The van der Waals surface area contributed by atoms with Crippen LogP contribution in [0.5, 0.6) is 0 Å². The van der Waals surface area contributed by atoms with Crippen LogP contribution in [0.2, 0.25) is 0 Å². The highest BCUT2D eigenvalue weighted by atomic mass is 16.6. The molecule has 1 aliphatic carbocycles. The van der Waals surface area contributed by atoms with Crippen LogP contribution in [-0.4, -0.2) is 55.0 Å². The van der Waals surface area contributed by atoms with Gasteiger partial charge >= 0.3 is 0 Å². The van der Waals surface area contributed by atoms with Gasteiger partial charge in [-0.1, -0.05) is 25.7 Å². The number of nitrogens with zero attached hydrogens (tertiary/aromatic N) is 3. The van der Waals surface area contributed by atoms with Crippen molar-refractivity contribution in [3.05, 3.63) is 33.9 Å². The highest BCUT2D eigenvalue weighted by molar-refractivity contribution is 5.95. The third-order valence-corrected chi connectivity index (χ3v) is 6.31. The number of carbonyl (C=O) groups excluding carboxylic acids is 1. The fourth-order valence-corrected chi connectivity index (χ4v) is 4.72. The van der Waals surface area contributed by atoms with E-state index >= 15 is 0 Å². The number of piperidine rings is 1. The number of nitro benzene ring substituents is 1. The van der Waals surface area contributed by atoms with Crippen LogP contribution in [-0.2, 0) is 0 Å². The summed E-state index contributed by atoms with van der Waals surface area (Å²) >= 11 is 0. The Hall–Kier alpha value is -2.15. The summed E-state index contributed by atoms with van der Waals surface area (Å²) < 4.78 is 0. The summed E-state index contributed by atoms with van der Waals surface area (Å²) in [5.74, 6) is -0.227. The molecule has 0 spiro atoms. The van der Waals surface area contributed by atoms with Crippen LogP contribution in [0.15, 0.2) is 18.2 Å². The zero-order valence-corrected chi connectivity index (χ0v) is 17.1. The van der Waals surface area contributed by atoms with E-state index in [1.54, 1.807) is 31.1 Å². The summed E-state index contributed by atoms with van der Waals surface area (Å²) in [6.45, 7) is 2.84. The second kappa shape index (κ2) is 8.90. The van der Waals surface area contributed by atoms with Gasteiger partial charge in [0.25, 0.3) is 11.6 Å². The monoisotopic (exact) mass is 388 g/mol. The summed E-state index contributed by atoms with van der Waals surface area (Å²) in [5, 5.41) is 14.5. The number of anilines is 1. The van der Waals surface area contributed by atoms with E-state index in [-0.39, 0.29) is 17.1 Å². The van der Waals surface area contributed by atoms with Gasteiger partial charge in [0.1, 0.15) is 5.69 Å². The molecule has 2 fully saturated rings. The Bertz CT molecular complexity index is 708. The molecule has 0 atom stereocenters. The maximum absolute atomic E-state index is 12.8. The summed E-state index contributed by atoms with van der Waals surface area (Å²) in [6.07, 6.45) is 9.66. The summed E-state index contributed by atoms with van der Waals surface area (Å²) in [6, 6.07) is 4.71. The molecule has 1 heterocycles. The van der Waals surface area contributed by atoms with Crippen molar-refractivity contribution in [2.24, 2.45) is 0 Å². The number of rotatable bonds is 6. The minimum atomic E-state index is -0.428. The number of hydrogen-bond donors (Lipinski definition) is 1. The lowest BCUT2D eigenvalue weighted by Crippen LogP contribution is -2.58. The molecular weight excluding hydrogens is 356 g/mol. The Balaban J connectivity index is 1.74. The van der Waals surface area contributed by atoms with E-state index in [1.165, 1.54) is 44.6 Å². The van der Waals surface area contributed by atoms with Crippen LogP contribution in [0.4, 0.5) is 11.4 Å². The fourth-order valence-electron chi connectivity index (χ4n) is 4.72. The maximum Gasteiger partial charge on any atom is 0.293 e. The predicted molar refractivity (Wildman–Crippen MR) is 111 cm³/mol. The van der Waals surface area contributed by atoms with Crippen molar-refractivity contribution in [3.8, 4) is 0 Å². The SMILES string of the molecule is CN(C)c1ccc(C(=O)NCC2(N3CCCCC3)CCCCC2)cc1[N+](=O)[O-]. The highest BCUT2D eigenvalue weighted by Crippen LogP contribution is 2.35. The molecule has 2 aliphatic rings.